The molecule has 1 amide bonds. The number of fused-ring (bicyclic) bond motifs is 4. The van der Waals surface area contributed by atoms with Crippen LogP contribution >= 0.6 is 0 Å². The second kappa shape index (κ2) is 6.30. The number of ether oxygens (including phenoxy) is 1. The van der Waals surface area contributed by atoms with Crippen LogP contribution in [-0.4, -0.2) is 34.1 Å². The van der Waals surface area contributed by atoms with Crippen molar-refractivity contribution in [1.82, 2.24) is 9.47 Å². The van der Waals surface area contributed by atoms with E-state index in [0.717, 1.165) is 16.3 Å². The highest BCUT2D eigenvalue weighted by atomic mass is 19.4. The van der Waals surface area contributed by atoms with Gasteiger partial charge in [0.1, 0.15) is 17.5 Å². The fourth-order valence-corrected chi connectivity index (χ4v) is 4.33. The summed E-state index contributed by atoms with van der Waals surface area (Å²) in [4.78, 5) is 12.8. The average Bonchev–Trinajstić information content (AvgIpc) is 3.12. The van der Waals surface area contributed by atoms with E-state index in [4.69, 9.17) is 4.74 Å². The molecule has 2 aliphatic heterocycles. The highest BCUT2D eigenvalue weighted by Crippen LogP contribution is 2.47. The summed E-state index contributed by atoms with van der Waals surface area (Å²) in [7, 11) is 0. The van der Waals surface area contributed by atoms with E-state index in [9.17, 15) is 23.2 Å². The van der Waals surface area contributed by atoms with E-state index >= 15 is 0 Å². The first-order valence-corrected chi connectivity index (χ1v) is 9.09. The van der Waals surface area contributed by atoms with Gasteiger partial charge in [0.25, 0.3) is 0 Å². The number of amides is 1. The Morgan fingerprint density at radius 2 is 2.07 bits per heavy atom. The molecule has 1 fully saturated rings. The summed E-state index contributed by atoms with van der Waals surface area (Å²) < 4.78 is 47.2. The summed E-state index contributed by atoms with van der Waals surface area (Å²) >= 11 is 0. The number of aromatic nitrogens is 1. The quantitative estimate of drug-likeness (QED) is 0.743. The summed E-state index contributed by atoms with van der Waals surface area (Å²) in [6.45, 7) is 1.70. The van der Waals surface area contributed by atoms with E-state index in [1.165, 1.54) is 0 Å². The van der Waals surface area contributed by atoms with Crippen molar-refractivity contribution in [3.8, 4) is 17.5 Å². The number of hydrogen-bond donors (Lipinski definition) is 0. The fourth-order valence-electron chi connectivity index (χ4n) is 4.33. The molecule has 2 aromatic rings. The Morgan fingerprint density at radius 1 is 1.32 bits per heavy atom. The van der Waals surface area contributed by atoms with E-state index in [-0.39, 0.29) is 19.4 Å². The van der Waals surface area contributed by atoms with Gasteiger partial charge in [0.05, 0.1) is 11.4 Å². The number of nitriles is 1. The molecule has 0 bridgehead atoms. The summed E-state index contributed by atoms with van der Waals surface area (Å²) in [6.07, 6.45) is -4.07. The van der Waals surface area contributed by atoms with Crippen LogP contribution in [0.5, 0.6) is 5.75 Å². The highest BCUT2D eigenvalue weighted by molar-refractivity contribution is 5.82. The Hall–Kier alpha value is -2.95. The third-order valence-electron chi connectivity index (χ3n) is 5.61. The minimum Gasteiger partial charge on any atom is -0.479 e. The number of alkyl halides is 3. The first kappa shape index (κ1) is 18.4. The summed E-state index contributed by atoms with van der Waals surface area (Å²) in [5.41, 5.74) is 1.02. The van der Waals surface area contributed by atoms with Crippen LogP contribution in [0.1, 0.15) is 37.6 Å². The molecule has 8 heteroatoms. The molecule has 5 nitrogen and oxygen atoms in total. The van der Waals surface area contributed by atoms with Crippen molar-refractivity contribution in [3.63, 3.8) is 0 Å². The van der Waals surface area contributed by atoms with E-state index in [1.807, 2.05) is 22.8 Å². The first-order chi connectivity index (χ1) is 13.3. The maximum atomic E-state index is 13.0. The summed E-state index contributed by atoms with van der Waals surface area (Å²) in [6, 6.07) is 12.3. The average molecular weight is 389 g/mol. The molecule has 146 valence electrons. The molecule has 1 aromatic heterocycles. The molecular weight excluding hydrogens is 371 g/mol. The Balaban J connectivity index is 1.77. The van der Waals surface area contributed by atoms with Crippen molar-refractivity contribution in [1.29, 1.82) is 5.26 Å². The SMILES string of the molecule is CCC1CC2(CCN1C(=O)C(F)(F)F)Oc1ccccc1-n1c(C#N)ccc12. The van der Waals surface area contributed by atoms with Gasteiger partial charge in [-0.3, -0.25) is 9.36 Å². The lowest BCUT2D eigenvalue weighted by Crippen LogP contribution is -2.57. The smallest absolute Gasteiger partial charge is 0.471 e. The molecule has 0 saturated carbocycles. The van der Waals surface area contributed by atoms with E-state index < -0.39 is 23.7 Å². The van der Waals surface area contributed by atoms with Gasteiger partial charge in [0.15, 0.2) is 5.60 Å². The molecule has 2 aliphatic rings. The third kappa shape index (κ3) is 2.65. The maximum absolute atomic E-state index is 13.0. The van der Waals surface area contributed by atoms with E-state index in [1.54, 1.807) is 25.1 Å². The van der Waals surface area contributed by atoms with Gasteiger partial charge in [-0.15, -0.1) is 0 Å². The number of piperidine rings is 1. The number of likely N-dealkylation sites (tertiary alicyclic amines) is 1. The van der Waals surface area contributed by atoms with Gasteiger partial charge in [-0.2, -0.15) is 18.4 Å². The lowest BCUT2D eigenvalue weighted by atomic mass is 9.81. The van der Waals surface area contributed by atoms with Crippen LogP contribution in [0, 0.1) is 11.3 Å². The van der Waals surface area contributed by atoms with Gasteiger partial charge in [-0.05, 0) is 30.7 Å². The molecule has 2 atom stereocenters. The number of halogens is 3. The van der Waals surface area contributed by atoms with Crippen LogP contribution in [-0.2, 0) is 10.4 Å². The minimum atomic E-state index is -4.90. The molecule has 0 radical (unpaired) electrons. The molecule has 1 saturated heterocycles. The van der Waals surface area contributed by atoms with Crippen molar-refractivity contribution >= 4 is 5.91 Å². The van der Waals surface area contributed by atoms with Crippen LogP contribution in [0.3, 0.4) is 0 Å². The Kier molecular flexibility index (Phi) is 4.14. The third-order valence-corrected chi connectivity index (χ3v) is 5.61. The van der Waals surface area contributed by atoms with Crippen molar-refractivity contribution in [2.24, 2.45) is 0 Å². The second-order valence-electron chi connectivity index (χ2n) is 7.13. The van der Waals surface area contributed by atoms with Crippen LogP contribution in [0.4, 0.5) is 13.2 Å². The topological polar surface area (TPSA) is 58.3 Å². The van der Waals surface area contributed by atoms with Gasteiger partial charge in [-0.25, -0.2) is 0 Å². The Morgan fingerprint density at radius 3 is 2.75 bits per heavy atom. The predicted octanol–water partition coefficient (Wildman–Crippen LogP) is 3.90. The van der Waals surface area contributed by atoms with Crippen molar-refractivity contribution < 1.29 is 22.7 Å². The molecular formula is C20H18F3N3O2. The van der Waals surface area contributed by atoms with Crippen molar-refractivity contribution in [2.75, 3.05) is 6.54 Å². The number of nitrogens with zero attached hydrogens (tertiary/aromatic N) is 3. The van der Waals surface area contributed by atoms with E-state index in [2.05, 4.69) is 6.07 Å². The molecule has 1 aromatic carbocycles. The van der Waals surface area contributed by atoms with Crippen molar-refractivity contribution in [3.05, 3.63) is 47.8 Å². The van der Waals surface area contributed by atoms with Gasteiger partial charge >= 0.3 is 12.1 Å². The van der Waals surface area contributed by atoms with Gasteiger partial charge in [-0.1, -0.05) is 19.1 Å². The standard InChI is InChI=1S/C20H18F3N3O2/c1-2-13-11-19(9-10-25(13)18(27)20(21,22)23)17-8-7-14(12-24)26(17)15-5-3-4-6-16(15)28-19/h3-8,13H,2,9-11H2,1H3. The first-order valence-electron chi connectivity index (χ1n) is 9.09. The van der Waals surface area contributed by atoms with Crippen molar-refractivity contribution in [2.45, 2.75) is 44.0 Å². The van der Waals surface area contributed by atoms with Crippen LogP contribution in [0.15, 0.2) is 36.4 Å². The zero-order valence-corrected chi connectivity index (χ0v) is 15.2. The van der Waals surface area contributed by atoms with Crippen LogP contribution in [0.2, 0.25) is 0 Å². The zero-order valence-electron chi connectivity index (χ0n) is 15.2. The zero-order chi connectivity index (χ0) is 20.1. The lowest BCUT2D eigenvalue weighted by molar-refractivity contribution is -0.192. The van der Waals surface area contributed by atoms with Gasteiger partial charge < -0.3 is 9.64 Å². The number of hydrogen-bond acceptors (Lipinski definition) is 3. The van der Waals surface area contributed by atoms with Crippen LogP contribution < -0.4 is 4.74 Å². The van der Waals surface area contributed by atoms with Gasteiger partial charge in [0, 0.05) is 25.4 Å². The Labute approximate surface area is 159 Å². The number of carbonyl (C=O) groups is 1. The Bertz CT molecular complexity index is 976. The minimum absolute atomic E-state index is 0.0634. The summed E-state index contributed by atoms with van der Waals surface area (Å²) in [5.74, 6) is -1.23. The maximum Gasteiger partial charge on any atom is 0.471 e. The molecule has 1 spiro atoms. The number of benzene rings is 1. The predicted molar refractivity (Wildman–Crippen MR) is 93.9 cm³/mol. The monoisotopic (exact) mass is 389 g/mol. The molecule has 0 N–H and O–H groups in total. The highest BCUT2D eigenvalue weighted by Gasteiger charge is 2.52. The molecule has 2 unspecified atom stereocenters. The molecule has 3 heterocycles. The molecule has 28 heavy (non-hydrogen) atoms. The molecule has 0 aliphatic carbocycles. The normalized spacial score (nSPS) is 23.5. The number of rotatable bonds is 1. The van der Waals surface area contributed by atoms with E-state index in [0.29, 0.717) is 17.9 Å². The largest absolute Gasteiger partial charge is 0.479 e. The lowest BCUT2D eigenvalue weighted by Gasteiger charge is -2.48. The fraction of sp³-hybridized carbons (Fsp3) is 0.400. The van der Waals surface area contributed by atoms with Gasteiger partial charge in [0.2, 0.25) is 0 Å². The second-order valence-corrected chi connectivity index (χ2v) is 7.13. The number of carbonyl (C=O) groups excluding carboxylic acids is 1. The summed E-state index contributed by atoms with van der Waals surface area (Å²) in [5, 5.41) is 9.51. The number of para-hydroxylation sites is 2. The van der Waals surface area contributed by atoms with Crippen LogP contribution in [0.25, 0.3) is 5.69 Å². The molecule has 4 rings (SSSR count).